The third-order valence-corrected chi connectivity index (χ3v) is 6.48. The third-order valence-electron chi connectivity index (χ3n) is 6.48. The number of benzene rings is 1. The smallest absolute Gasteiger partial charge is 0.390 e. The third kappa shape index (κ3) is 4.06. The molecule has 1 saturated carbocycles. The summed E-state index contributed by atoms with van der Waals surface area (Å²) < 4.78 is 37.9. The molecule has 2 aliphatic rings. The molecule has 0 bridgehead atoms. The van der Waals surface area contributed by atoms with Crippen LogP contribution in [-0.2, 0) is 4.79 Å². The number of anilines is 1. The van der Waals surface area contributed by atoms with Crippen molar-refractivity contribution >= 4 is 11.6 Å². The van der Waals surface area contributed by atoms with E-state index in [0.29, 0.717) is 44.3 Å². The van der Waals surface area contributed by atoms with E-state index in [1.165, 1.54) is 24.3 Å². The number of alkyl halides is 3. The number of amides is 1. The molecule has 1 aliphatic carbocycles. The fourth-order valence-corrected chi connectivity index (χ4v) is 4.51. The molecule has 28 heavy (non-hydrogen) atoms. The van der Waals surface area contributed by atoms with Crippen molar-refractivity contribution in [2.45, 2.75) is 76.2 Å². The van der Waals surface area contributed by atoms with Gasteiger partial charge in [-0.25, -0.2) is 0 Å². The first kappa shape index (κ1) is 21.1. The quantitative estimate of drug-likeness (QED) is 0.766. The van der Waals surface area contributed by atoms with E-state index in [2.05, 4.69) is 6.92 Å². The van der Waals surface area contributed by atoms with Crippen molar-refractivity contribution in [3.05, 3.63) is 29.8 Å². The summed E-state index contributed by atoms with van der Waals surface area (Å²) in [5.74, 6) is -0.00541. The van der Waals surface area contributed by atoms with Gasteiger partial charge in [-0.05, 0) is 56.2 Å². The first-order valence-corrected chi connectivity index (χ1v) is 9.99. The number of carbonyl (C=O) groups excluding carboxylic acids is 1. The Morgan fingerprint density at radius 2 is 1.71 bits per heavy atom. The summed E-state index contributed by atoms with van der Waals surface area (Å²) in [7, 11) is 0. The van der Waals surface area contributed by atoms with Gasteiger partial charge in [0.05, 0.1) is 11.0 Å². The maximum absolute atomic E-state index is 13.1. The number of aliphatic hydroxyl groups is 2. The number of carbonyl (C=O) groups is 1. The van der Waals surface area contributed by atoms with Crippen LogP contribution >= 0.6 is 0 Å². The zero-order chi connectivity index (χ0) is 20.6. The summed E-state index contributed by atoms with van der Waals surface area (Å²) in [5, 5.41) is 20.1. The number of aliphatic hydroxyl groups excluding tert-OH is 1. The van der Waals surface area contributed by atoms with E-state index in [0.717, 1.165) is 19.3 Å². The van der Waals surface area contributed by atoms with Crippen LogP contribution in [-0.4, -0.2) is 34.4 Å². The highest BCUT2D eigenvalue weighted by Gasteiger charge is 2.51. The van der Waals surface area contributed by atoms with E-state index in [-0.39, 0.29) is 11.5 Å². The van der Waals surface area contributed by atoms with Crippen molar-refractivity contribution in [1.82, 2.24) is 0 Å². The fraction of sp³-hybridized carbons (Fsp3) is 0.667. The maximum atomic E-state index is 13.1. The van der Waals surface area contributed by atoms with Crippen molar-refractivity contribution in [2.75, 3.05) is 11.4 Å². The molecule has 4 nitrogen and oxygen atoms in total. The van der Waals surface area contributed by atoms with Crippen LogP contribution in [0.4, 0.5) is 18.9 Å². The molecular weight excluding hydrogens is 371 g/mol. The van der Waals surface area contributed by atoms with Gasteiger partial charge in [0.2, 0.25) is 5.91 Å². The topological polar surface area (TPSA) is 60.8 Å². The van der Waals surface area contributed by atoms with Gasteiger partial charge in [0.1, 0.15) is 0 Å². The van der Waals surface area contributed by atoms with Crippen molar-refractivity contribution in [3.63, 3.8) is 0 Å². The molecule has 1 aromatic carbocycles. The highest BCUT2D eigenvalue weighted by atomic mass is 19.4. The largest absolute Gasteiger partial charge is 0.418 e. The molecule has 1 amide bonds. The van der Waals surface area contributed by atoms with Gasteiger partial charge in [-0.2, -0.15) is 13.2 Å². The second-order valence-electron chi connectivity index (χ2n) is 8.35. The second-order valence-corrected chi connectivity index (χ2v) is 8.35. The Morgan fingerprint density at radius 1 is 1.11 bits per heavy atom. The highest BCUT2D eigenvalue weighted by molar-refractivity contribution is 6.00. The lowest BCUT2D eigenvalue weighted by atomic mass is 9.66. The lowest BCUT2D eigenvalue weighted by Crippen LogP contribution is -2.43. The molecule has 156 valence electrons. The Balaban J connectivity index is 1.68. The number of hydrogen-bond acceptors (Lipinski definition) is 3. The highest BCUT2D eigenvalue weighted by Crippen LogP contribution is 2.49. The van der Waals surface area contributed by atoms with E-state index in [1.54, 1.807) is 4.90 Å². The first-order chi connectivity index (χ1) is 13.1. The van der Waals surface area contributed by atoms with Crippen molar-refractivity contribution in [3.8, 4) is 0 Å². The maximum Gasteiger partial charge on any atom is 0.418 e. The van der Waals surface area contributed by atoms with E-state index >= 15 is 0 Å². The Morgan fingerprint density at radius 3 is 2.25 bits per heavy atom. The van der Waals surface area contributed by atoms with Crippen LogP contribution in [0, 0.1) is 5.41 Å². The number of halogens is 3. The molecule has 1 saturated heterocycles. The normalized spacial score (nSPS) is 29.5. The average molecular weight is 399 g/mol. The standard InChI is InChI=1S/C21H28F3NO3/c1-2-3-8-20(28)11-9-19(10-12-20)13-14-25(18(19)27)16-6-4-15(5-7-16)17(26)21(22,23)24/h4-7,17,26,28H,2-3,8-14H2,1H3. The van der Waals surface area contributed by atoms with Crippen LogP contribution in [0.5, 0.6) is 0 Å². The predicted octanol–water partition coefficient (Wildman–Crippen LogP) is 4.50. The fourth-order valence-electron chi connectivity index (χ4n) is 4.51. The van der Waals surface area contributed by atoms with Crippen LogP contribution in [0.1, 0.15) is 70.0 Å². The summed E-state index contributed by atoms with van der Waals surface area (Å²) in [4.78, 5) is 14.7. The van der Waals surface area contributed by atoms with Crippen molar-refractivity contribution in [1.29, 1.82) is 0 Å². The monoisotopic (exact) mass is 399 g/mol. The summed E-state index contributed by atoms with van der Waals surface area (Å²) in [6.45, 7) is 2.61. The summed E-state index contributed by atoms with van der Waals surface area (Å²) in [6.07, 6.45) is -1.26. The molecule has 1 spiro atoms. The minimum absolute atomic E-state index is 0.00541. The Hall–Kier alpha value is -1.60. The summed E-state index contributed by atoms with van der Waals surface area (Å²) in [5.41, 5.74) is -0.837. The van der Waals surface area contributed by atoms with Crippen LogP contribution in [0.2, 0.25) is 0 Å². The minimum Gasteiger partial charge on any atom is -0.390 e. The number of hydrogen-bond donors (Lipinski definition) is 2. The van der Waals surface area contributed by atoms with Gasteiger partial charge in [-0.15, -0.1) is 0 Å². The van der Waals surface area contributed by atoms with Gasteiger partial charge in [-0.3, -0.25) is 4.79 Å². The van der Waals surface area contributed by atoms with Gasteiger partial charge >= 0.3 is 6.18 Å². The molecule has 1 heterocycles. The Bertz CT molecular complexity index is 694. The Kier molecular flexibility index (Phi) is 5.79. The zero-order valence-electron chi connectivity index (χ0n) is 16.1. The molecule has 1 aliphatic heterocycles. The van der Waals surface area contributed by atoms with Crippen LogP contribution in [0.3, 0.4) is 0 Å². The molecule has 1 atom stereocenters. The molecule has 0 aromatic heterocycles. The number of rotatable bonds is 5. The SMILES string of the molecule is CCCCC1(O)CCC2(CCN(c3ccc(C(O)C(F)(F)F)cc3)C2=O)CC1. The Labute approximate surface area is 163 Å². The van der Waals surface area contributed by atoms with Gasteiger partial charge in [-0.1, -0.05) is 31.9 Å². The van der Waals surface area contributed by atoms with E-state index in [4.69, 9.17) is 0 Å². The molecule has 1 aromatic rings. The summed E-state index contributed by atoms with van der Waals surface area (Å²) >= 11 is 0. The van der Waals surface area contributed by atoms with Crippen LogP contribution in [0.15, 0.2) is 24.3 Å². The molecular formula is C21H28F3NO3. The predicted molar refractivity (Wildman–Crippen MR) is 99.8 cm³/mol. The van der Waals surface area contributed by atoms with Crippen LogP contribution < -0.4 is 4.90 Å². The molecule has 1 unspecified atom stereocenters. The first-order valence-electron chi connectivity index (χ1n) is 9.99. The van der Waals surface area contributed by atoms with E-state index in [1.807, 2.05) is 0 Å². The van der Waals surface area contributed by atoms with E-state index < -0.39 is 23.3 Å². The second kappa shape index (κ2) is 7.67. The minimum atomic E-state index is -4.72. The lowest BCUT2D eigenvalue weighted by molar-refractivity contribution is -0.206. The van der Waals surface area contributed by atoms with Gasteiger partial charge in [0, 0.05) is 12.2 Å². The van der Waals surface area contributed by atoms with Crippen LogP contribution in [0.25, 0.3) is 0 Å². The molecule has 2 N–H and O–H groups in total. The molecule has 2 fully saturated rings. The molecule has 3 rings (SSSR count). The van der Waals surface area contributed by atoms with Crippen molar-refractivity contribution in [2.24, 2.45) is 5.41 Å². The molecule has 0 radical (unpaired) electrons. The lowest BCUT2D eigenvalue weighted by Gasteiger charge is -2.41. The van der Waals surface area contributed by atoms with Gasteiger partial charge in [0.15, 0.2) is 6.10 Å². The average Bonchev–Trinajstić information content (AvgIpc) is 2.98. The number of nitrogens with zero attached hydrogens (tertiary/aromatic N) is 1. The van der Waals surface area contributed by atoms with Gasteiger partial charge in [0.25, 0.3) is 0 Å². The zero-order valence-corrected chi connectivity index (χ0v) is 16.1. The van der Waals surface area contributed by atoms with E-state index in [9.17, 15) is 28.2 Å². The van der Waals surface area contributed by atoms with Crippen molar-refractivity contribution < 1.29 is 28.2 Å². The summed E-state index contributed by atoms with van der Waals surface area (Å²) in [6, 6.07) is 5.36. The number of unbranched alkanes of at least 4 members (excludes halogenated alkanes) is 1. The molecule has 7 heteroatoms. The van der Waals surface area contributed by atoms with Gasteiger partial charge < -0.3 is 15.1 Å².